The molecule has 0 saturated heterocycles. The summed E-state index contributed by atoms with van der Waals surface area (Å²) in [7, 11) is 0. The van der Waals surface area contributed by atoms with Crippen LogP contribution in [0.3, 0.4) is 0 Å². The molecule has 7 heteroatoms. The molecule has 0 aliphatic carbocycles. The van der Waals surface area contributed by atoms with Gasteiger partial charge in [-0.3, -0.25) is 14.2 Å². The largest absolute Gasteiger partial charge is 0.508 e. The Kier molecular flexibility index (Phi) is 4.45. The van der Waals surface area contributed by atoms with E-state index < -0.39 is 17.3 Å². The molecule has 138 valence electrons. The zero-order valence-corrected chi connectivity index (χ0v) is 14.8. The van der Waals surface area contributed by atoms with Gasteiger partial charge in [-0.25, -0.2) is 4.39 Å². The number of nitrogen functional groups attached to an aromatic ring is 1. The normalized spacial score (nSPS) is 10.8. The standard InChI is InChI=1S/C20H18FN3O3/c1-10-6-7-16(25)11(2)17(10)24-18(22)15(19(23)26)9-14(20(24)27)12-4-3-5-13(21)8-12/h3-9,25H,22H2,1-2H3,(H2,23,26). The van der Waals surface area contributed by atoms with Crippen molar-refractivity contribution in [3.63, 3.8) is 0 Å². The van der Waals surface area contributed by atoms with E-state index in [1.807, 2.05) is 0 Å². The number of primary amides is 1. The number of rotatable bonds is 3. The first-order valence-corrected chi connectivity index (χ1v) is 8.13. The first kappa shape index (κ1) is 18.2. The number of phenols is 1. The molecule has 6 nitrogen and oxygen atoms in total. The van der Waals surface area contributed by atoms with Gasteiger partial charge >= 0.3 is 0 Å². The average Bonchev–Trinajstić information content (AvgIpc) is 2.61. The fourth-order valence-corrected chi connectivity index (χ4v) is 3.08. The van der Waals surface area contributed by atoms with Crippen LogP contribution >= 0.6 is 0 Å². The Labute approximate surface area is 154 Å². The highest BCUT2D eigenvalue weighted by Gasteiger charge is 2.21. The second-order valence-corrected chi connectivity index (χ2v) is 6.25. The fraction of sp³-hybridized carbons (Fsp3) is 0.100. The lowest BCUT2D eigenvalue weighted by Gasteiger charge is -2.19. The number of carbonyl (C=O) groups is 1. The maximum atomic E-state index is 13.7. The van der Waals surface area contributed by atoms with E-state index in [4.69, 9.17) is 11.5 Å². The topological polar surface area (TPSA) is 111 Å². The summed E-state index contributed by atoms with van der Waals surface area (Å²) in [6.07, 6.45) is 0. The van der Waals surface area contributed by atoms with Gasteiger partial charge in [0.1, 0.15) is 17.4 Å². The maximum Gasteiger partial charge on any atom is 0.264 e. The Morgan fingerprint density at radius 3 is 2.48 bits per heavy atom. The Morgan fingerprint density at radius 2 is 1.85 bits per heavy atom. The van der Waals surface area contributed by atoms with E-state index in [2.05, 4.69) is 0 Å². The number of aromatic hydroxyl groups is 1. The molecule has 3 aromatic rings. The lowest BCUT2D eigenvalue weighted by molar-refractivity contribution is 0.100. The molecule has 0 radical (unpaired) electrons. The summed E-state index contributed by atoms with van der Waals surface area (Å²) in [5, 5.41) is 10.1. The molecule has 0 fully saturated rings. The van der Waals surface area contributed by atoms with Crippen LogP contribution < -0.4 is 17.0 Å². The van der Waals surface area contributed by atoms with Crippen LogP contribution in [0.2, 0.25) is 0 Å². The monoisotopic (exact) mass is 367 g/mol. The van der Waals surface area contributed by atoms with Gasteiger partial charge in [-0.2, -0.15) is 0 Å². The van der Waals surface area contributed by atoms with Crippen LogP contribution in [0.25, 0.3) is 16.8 Å². The predicted molar refractivity (Wildman–Crippen MR) is 102 cm³/mol. The number of aryl methyl sites for hydroxylation is 1. The molecule has 0 saturated carbocycles. The van der Waals surface area contributed by atoms with E-state index in [-0.39, 0.29) is 28.3 Å². The number of hydrogen-bond acceptors (Lipinski definition) is 4. The van der Waals surface area contributed by atoms with Crippen LogP contribution in [0, 0.1) is 19.7 Å². The minimum atomic E-state index is -0.825. The van der Waals surface area contributed by atoms with E-state index in [1.165, 1.54) is 30.3 Å². The van der Waals surface area contributed by atoms with Gasteiger partial charge in [-0.1, -0.05) is 18.2 Å². The summed E-state index contributed by atoms with van der Waals surface area (Å²) in [4.78, 5) is 25.1. The number of phenolic OH excluding ortho intramolecular Hbond substituents is 1. The van der Waals surface area contributed by atoms with Crippen molar-refractivity contribution in [3.05, 3.63) is 75.3 Å². The number of pyridine rings is 1. The minimum absolute atomic E-state index is 0.0290. The number of benzene rings is 2. The number of amides is 1. The summed E-state index contributed by atoms with van der Waals surface area (Å²) in [6, 6.07) is 9.83. The van der Waals surface area contributed by atoms with E-state index in [0.717, 1.165) is 4.57 Å². The number of hydrogen-bond donors (Lipinski definition) is 3. The zero-order valence-electron chi connectivity index (χ0n) is 14.8. The van der Waals surface area contributed by atoms with Crippen molar-refractivity contribution in [1.29, 1.82) is 0 Å². The van der Waals surface area contributed by atoms with E-state index in [0.29, 0.717) is 16.8 Å². The summed E-state index contributed by atoms with van der Waals surface area (Å²) in [5.41, 5.74) is 12.7. The van der Waals surface area contributed by atoms with Gasteiger partial charge in [-0.15, -0.1) is 0 Å². The molecule has 0 atom stereocenters. The van der Waals surface area contributed by atoms with Crippen molar-refractivity contribution in [1.82, 2.24) is 4.57 Å². The second kappa shape index (κ2) is 6.60. The van der Waals surface area contributed by atoms with Crippen LogP contribution in [0.5, 0.6) is 5.75 Å². The number of nitrogens with zero attached hydrogens (tertiary/aromatic N) is 1. The molecule has 0 spiro atoms. The third-order valence-corrected chi connectivity index (χ3v) is 4.47. The molecule has 0 bridgehead atoms. The van der Waals surface area contributed by atoms with Gasteiger partial charge < -0.3 is 16.6 Å². The molecule has 0 aliphatic heterocycles. The van der Waals surface area contributed by atoms with Crippen LogP contribution in [0.15, 0.2) is 47.3 Å². The molecular formula is C20H18FN3O3. The molecule has 1 aromatic heterocycles. The molecule has 2 aromatic carbocycles. The molecule has 0 unspecified atom stereocenters. The Balaban J connectivity index is 2.48. The molecular weight excluding hydrogens is 349 g/mol. The van der Waals surface area contributed by atoms with Gasteiger partial charge in [0.15, 0.2) is 0 Å². The third kappa shape index (κ3) is 3.03. The summed E-state index contributed by atoms with van der Waals surface area (Å²) in [5.74, 6) is -1.53. The summed E-state index contributed by atoms with van der Waals surface area (Å²) in [6.45, 7) is 3.37. The maximum absolute atomic E-state index is 13.7. The quantitative estimate of drug-likeness (QED) is 0.661. The van der Waals surface area contributed by atoms with E-state index >= 15 is 0 Å². The Bertz CT molecular complexity index is 1140. The lowest BCUT2D eigenvalue weighted by Crippen LogP contribution is -2.28. The van der Waals surface area contributed by atoms with Crippen molar-refractivity contribution < 1.29 is 14.3 Å². The lowest BCUT2D eigenvalue weighted by atomic mass is 10.0. The molecule has 0 aliphatic rings. The highest BCUT2D eigenvalue weighted by Crippen LogP contribution is 2.30. The predicted octanol–water partition coefficient (Wildman–Crippen LogP) is 2.65. The van der Waals surface area contributed by atoms with Crippen LogP contribution in [-0.2, 0) is 0 Å². The number of anilines is 1. The minimum Gasteiger partial charge on any atom is -0.508 e. The Morgan fingerprint density at radius 1 is 1.15 bits per heavy atom. The van der Waals surface area contributed by atoms with Gasteiger partial charge in [-0.05, 0) is 49.2 Å². The number of nitrogens with two attached hydrogens (primary N) is 2. The summed E-state index contributed by atoms with van der Waals surface area (Å²) < 4.78 is 14.8. The van der Waals surface area contributed by atoms with Crippen LogP contribution in [0.4, 0.5) is 10.2 Å². The van der Waals surface area contributed by atoms with Gasteiger partial charge in [0.05, 0.1) is 11.3 Å². The summed E-state index contributed by atoms with van der Waals surface area (Å²) >= 11 is 0. The van der Waals surface area contributed by atoms with Gasteiger partial charge in [0.25, 0.3) is 11.5 Å². The zero-order chi connectivity index (χ0) is 19.9. The number of aromatic nitrogens is 1. The smallest absolute Gasteiger partial charge is 0.264 e. The first-order valence-electron chi connectivity index (χ1n) is 8.13. The first-order chi connectivity index (χ1) is 12.7. The molecule has 3 rings (SSSR count). The second-order valence-electron chi connectivity index (χ2n) is 6.25. The van der Waals surface area contributed by atoms with Gasteiger partial charge in [0.2, 0.25) is 0 Å². The van der Waals surface area contributed by atoms with E-state index in [1.54, 1.807) is 26.0 Å². The van der Waals surface area contributed by atoms with Crippen molar-refractivity contribution in [2.24, 2.45) is 5.73 Å². The average molecular weight is 367 g/mol. The highest BCUT2D eigenvalue weighted by atomic mass is 19.1. The Hall–Kier alpha value is -3.61. The fourth-order valence-electron chi connectivity index (χ4n) is 3.08. The van der Waals surface area contributed by atoms with Crippen molar-refractivity contribution in [3.8, 4) is 22.6 Å². The molecule has 5 N–H and O–H groups in total. The number of halogens is 1. The molecule has 1 amide bonds. The van der Waals surface area contributed by atoms with Crippen LogP contribution in [0.1, 0.15) is 21.5 Å². The number of carbonyl (C=O) groups excluding carboxylic acids is 1. The van der Waals surface area contributed by atoms with Crippen molar-refractivity contribution >= 4 is 11.7 Å². The highest BCUT2D eigenvalue weighted by molar-refractivity contribution is 5.98. The molecule has 1 heterocycles. The van der Waals surface area contributed by atoms with Gasteiger partial charge in [0, 0.05) is 11.1 Å². The van der Waals surface area contributed by atoms with Crippen LogP contribution in [-0.4, -0.2) is 15.6 Å². The third-order valence-electron chi connectivity index (χ3n) is 4.47. The van der Waals surface area contributed by atoms with Crippen molar-refractivity contribution in [2.45, 2.75) is 13.8 Å². The SMILES string of the molecule is Cc1ccc(O)c(C)c1-n1c(N)c(C(N)=O)cc(-c2cccc(F)c2)c1=O. The van der Waals surface area contributed by atoms with Crippen molar-refractivity contribution in [2.75, 3.05) is 5.73 Å². The van der Waals surface area contributed by atoms with E-state index in [9.17, 15) is 19.1 Å². The molecule has 27 heavy (non-hydrogen) atoms.